The number of nitrogens with one attached hydrogen (secondary N) is 3. The lowest BCUT2D eigenvalue weighted by atomic mass is 9.91. The minimum atomic E-state index is -2.89. The summed E-state index contributed by atoms with van der Waals surface area (Å²) >= 11 is 0. The number of hydrogen-bond donors (Lipinski definition) is 3. The van der Waals surface area contributed by atoms with E-state index >= 15 is 0 Å². The molecule has 0 aliphatic carbocycles. The molecule has 3 aromatic rings. The second-order valence-electron chi connectivity index (χ2n) is 10.3. The first kappa shape index (κ1) is 26.5. The van der Waals surface area contributed by atoms with Gasteiger partial charge in [0.2, 0.25) is 5.95 Å². The molecule has 13 heteroatoms. The van der Waals surface area contributed by atoms with Crippen LogP contribution in [0.5, 0.6) is 5.75 Å². The van der Waals surface area contributed by atoms with Crippen molar-refractivity contribution in [2.75, 3.05) is 18.5 Å². The summed E-state index contributed by atoms with van der Waals surface area (Å²) in [7, 11) is 1.63. The monoisotopic (exact) mass is 539 g/mol. The highest BCUT2D eigenvalue weighted by Gasteiger charge is 2.28. The minimum Gasteiger partial charge on any atom is -0.451 e. The molecule has 11 nitrogen and oxygen atoms in total. The molecule has 0 atom stereocenters. The van der Waals surface area contributed by atoms with Crippen LogP contribution in [0.25, 0.3) is 11.2 Å². The van der Waals surface area contributed by atoms with E-state index in [9.17, 15) is 8.78 Å². The van der Waals surface area contributed by atoms with Crippen LogP contribution in [0.2, 0.25) is 0 Å². The molecule has 0 saturated carbocycles. The molecule has 0 radical (unpaired) electrons. The van der Waals surface area contributed by atoms with E-state index in [-0.39, 0.29) is 39.7 Å². The fourth-order valence-corrected chi connectivity index (χ4v) is 4.66. The van der Waals surface area contributed by atoms with Crippen LogP contribution in [0.15, 0.2) is 41.1 Å². The number of rotatable bonds is 7. The highest BCUT2D eigenvalue weighted by atomic mass is 19.3. The lowest BCUT2D eigenvalue weighted by Gasteiger charge is -2.28. The molecule has 3 N–H and O–H groups in total. The van der Waals surface area contributed by atoms with E-state index in [1.165, 1.54) is 23.2 Å². The summed E-state index contributed by atoms with van der Waals surface area (Å²) in [4.78, 5) is 12.7. The van der Waals surface area contributed by atoms with Crippen LogP contribution in [0.3, 0.4) is 0 Å². The van der Waals surface area contributed by atoms with E-state index in [1.54, 1.807) is 13.2 Å². The largest absolute Gasteiger partial charge is 0.451 e. The third kappa shape index (κ3) is 5.26. The molecule has 0 unspecified atom stereocenters. The van der Waals surface area contributed by atoms with Gasteiger partial charge in [-0.3, -0.25) is 9.67 Å². The summed E-state index contributed by atoms with van der Waals surface area (Å²) in [6.45, 7) is 7.75. The Morgan fingerprint density at radius 3 is 2.72 bits per heavy atom. The number of anilines is 2. The number of aryl methyl sites for hydroxylation is 1. The second kappa shape index (κ2) is 10.6. The number of pyridine rings is 1. The zero-order chi connectivity index (χ0) is 27.7. The highest BCUT2D eigenvalue weighted by Crippen LogP contribution is 2.37. The fraction of sp³-hybridized carbons (Fsp3) is 0.423. The Hall–Kier alpha value is -4.13. The molecule has 0 bridgehead atoms. The molecule has 39 heavy (non-hydrogen) atoms. The van der Waals surface area contributed by atoms with Crippen LogP contribution in [0.4, 0.5) is 20.5 Å². The molecule has 5 rings (SSSR count). The van der Waals surface area contributed by atoms with Gasteiger partial charge in [-0.05, 0) is 12.8 Å². The first-order valence-electron chi connectivity index (χ1n) is 12.6. The minimum absolute atomic E-state index is 0.0139. The fourth-order valence-electron chi connectivity index (χ4n) is 4.66. The summed E-state index contributed by atoms with van der Waals surface area (Å²) in [5.74, 6) is 0.707. The van der Waals surface area contributed by atoms with Crippen molar-refractivity contribution in [2.24, 2.45) is 12.0 Å². The van der Waals surface area contributed by atoms with Crippen molar-refractivity contribution < 1.29 is 18.3 Å². The van der Waals surface area contributed by atoms with Gasteiger partial charge in [0, 0.05) is 49.8 Å². The van der Waals surface area contributed by atoms with Crippen molar-refractivity contribution in [3.63, 3.8) is 0 Å². The van der Waals surface area contributed by atoms with E-state index < -0.39 is 6.43 Å². The average Bonchev–Trinajstić information content (AvgIpc) is 3.49. The molecule has 206 valence electrons. The van der Waals surface area contributed by atoms with Gasteiger partial charge in [-0.25, -0.2) is 13.8 Å². The topological polar surface area (TPSA) is 127 Å². The van der Waals surface area contributed by atoms with Crippen LogP contribution in [-0.4, -0.2) is 50.0 Å². The zero-order valence-corrected chi connectivity index (χ0v) is 22.2. The number of nitrogens with zero attached hydrogens (tertiary/aromatic N) is 6. The number of hydrogen-bond acceptors (Lipinski definition) is 9. The predicted octanol–water partition coefficient (Wildman–Crippen LogP) is 4.88. The number of fused-ring (bicyclic) bond motifs is 1. The van der Waals surface area contributed by atoms with Crippen LogP contribution >= 0.6 is 0 Å². The van der Waals surface area contributed by atoms with Gasteiger partial charge in [0.15, 0.2) is 23.0 Å². The normalized spacial score (nSPS) is 17.5. The lowest BCUT2D eigenvalue weighted by molar-refractivity contribution is 0.0646. The van der Waals surface area contributed by atoms with Crippen molar-refractivity contribution in [3.05, 3.63) is 47.4 Å². The van der Waals surface area contributed by atoms with Gasteiger partial charge in [-0.2, -0.15) is 10.1 Å². The molecular weight excluding hydrogens is 508 g/mol. The molecule has 2 aliphatic heterocycles. The van der Waals surface area contributed by atoms with Gasteiger partial charge in [-0.1, -0.05) is 20.8 Å². The molecule has 0 aromatic carbocycles. The Morgan fingerprint density at radius 2 is 2.08 bits per heavy atom. The van der Waals surface area contributed by atoms with Crippen molar-refractivity contribution in [2.45, 2.75) is 51.5 Å². The Morgan fingerprint density at radius 1 is 1.31 bits per heavy atom. The van der Waals surface area contributed by atoms with E-state index in [0.29, 0.717) is 30.7 Å². The Kier molecular flexibility index (Phi) is 7.17. The van der Waals surface area contributed by atoms with E-state index in [1.807, 2.05) is 10.7 Å². The molecule has 1 saturated heterocycles. The van der Waals surface area contributed by atoms with Gasteiger partial charge in [0.05, 0.1) is 30.2 Å². The maximum absolute atomic E-state index is 14.4. The van der Waals surface area contributed by atoms with Crippen molar-refractivity contribution in [1.82, 2.24) is 29.6 Å². The summed E-state index contributed by atoms with van der Waals surface area (Å²) < 4.78 is 43.7. The summed E-state index contributed by atoms with van der Waals surface area (Å²) in [6, 6.07) is 2.19. The summed E-state index contributed by atoms with van der Waals surface area (Å²) in [5.41, 5.74) is 1.11. The van der Waals surface area contributed by atoms with Gasteiger partial charge in [0.1, 0.15) is 11.2 Å². The van der Waals surface area contributed by atoms with Crippen LogP contribution in [-0.2, 0) is 17.2 Å². The quantitative estimate of drug-likeness (QED) is 0.288. The highest BCUT2D eigenvalue weighted by molar-refractivity contribution is 5.90. The Balaban J connectivity index is 1.52. The van der Waals surface area contributed by atoms with Crippen LogP contribution in [0, 0.1) is 5.41 Å². The first-order chi connectivity index (χ1) is 18.7. The van der Waals surface area contributed by atoms with Crippen LogP contribution in [0.1, 0.15) is 57.3 Å². The number of alkyl halides is 2. The second-order valence-corrected chi connectivity index (χ2v) is 10.3. The van der Waals surface area contributed by atoms with Crippen molar-refractivity contribution in [3.8, 4) is 5.75 Å². The molecule has 3 aromatic heterocycles. The average molecular weight is 540 g/mol. The molecule has 5 heterocycles. The Bertz CT molecular complexity index is 1470. The maximum atomic E-state index is 14.4. The van der Waals surface area contributed by atoms with Crippen molar-refractivity contribution in [1.29, 1.82) is 5.41 Å². The van der Waals surface area contributed by atoms with Gasteiger partial charge >= 0.3 is 0 Å². The SMILES string of the molecule is Cn1c(Nc2cc(C(C)(C)C)n(C3CCOCC3)n2)nc2ncc(O/C(C=N)=C3\C=NC=CN3)c(C(F)F)c21. The zero-order valence-electron chi connectivity index (χ0n) is 22.2. The third-order valence-electron chi connectivity index (χ3n) is 6.62. The molecule has 1 fully saturated rings. The summed E-state index contributed by atoms with van der Waals surface area (Å²) in [6.07, 6.45) is 5.46. The number of allylic oxidation sites excluding steroid dienone is 2. The first-order valence-corrected chi connectivity index (χ1v) is 12.6. The van der Waals surface area contributed by atoms with E-state index in [0.717, 1.165) is 24.8 Å². The van der Waals surface area contributed by atoms with E-state index in [4.69, 9.17) is 20.0 Å². The van der Waals surface area contributed by atoms with Gasteiger partial charge in [0.25, 0.3) is 6.43 Å². The number of imidazole rings is 1. The van der Waals surface area contributed by atoms with E-state index in [2.05, 4.69) is 46.4 Å². The Labute approximate surface area is 224 Å². The van der Waals surface area contributed by atoms with Crippen LogP contribution < -0.4 is 15.4 Å². The summed E-state index contributed by atoms with van der Waals surface area (Å²) in [5, 5.41) is 18.6. The van der Waals surface area contributed by atoms with Gasteiger partial charge < -0.3 is 30.1 Å². The molecule has 2 aliphatic rings. The number of ether oxygens (including phenoxy) is 2. The predicted molar refractivity (Wildman–Crippen MR) is 144 cm³/mol. The molecule has 0 amide bonds. The number of aromatic nitrogens is 5. The number of aliphatic imine (C=N–C) groups is 1. The third-order valence-corrected chi connectivity index (χ3v) is 6.62. The maximum Gasteiger partial charge on any atom is 0.269 e. The lowest BCUT2D eigenvalue weighted by Crippen LogP contribution is -2.26. The standard InChI is InChI=1S/C26H31F2N9O2/c1-26(2,3)19-11-20(35-37(19)15-5-9-38-10-6-15)33-25-34-24-22(36(25)4)21(23(27)28)18(14-32-24)39-17(12-29)16-13-30-7-8-31-16/h7-8,11-15,23,29,31H,5-6,9-10H2,1-4H3,(H,32,33,34,35)/b17-16+,29-12?. The molecular formula is C26H31F2N9O2. The van der Waals surface area contributed by atoms with Crippen molar-refractivity contribution >= 4 is 35.4 Å². The molecule has 0 spiro atoms. The number of halogens is 2. The van der Waals surface area contributed by atoms with Gasteiger partial charge in [-0.15, -0.1) is 0 Å². The smallest absolute Gasteiger partial charge is 0.269 e.